The predicted octanol–water partition coefficient (Wildman–Crippen LogP) is 3.88. The van der Waals surface area contributed by atoms with Gasteiger partial charge in [0, 0.05) is 6.04 Å². The molecule has 0 aliphatic carbocycles. The van der Waals surface area contributed by atoms with Crippen LogP contribution in [-0.2, 0) is 9.47 Å². The summed E-state index contributed by atoms with van der Waals surface area (Å²) in [5.74, 6) is -1.02. The van der Waals surface area contributed by atoms with Gasteiger partial charge in [-0.3, -0.25) is 0 Å². The molecule has 25 heavy (non-hydrogen) atoms. The van der Waals surface area contributed by atoms with Crippen LogP contribution in [0.15, 0.2) is 0 Å². The number of hydrogen-bond donors (Lipinski definition) is 2. The summed E-state index contributed by atoms with van der Waals surface area (Å²) < 4.78 is 9.59. The van der Waals surface area contributed by atoms with Crippen LogP contribution in [0.3, 0.4) is 0 Å². The molecule has 0 aliphatic heterocycles. The number of unbranched alkanes of at least 4 members (excludes halogenated alkanes) is 2. The van der Waals surface area contributed by atoms with Crippen molar-refractivity contribution in [1.82, 2.24) is 5.32 Å². The molecule has 0 radical (unpaired) electrons. The lowest BCUT2D eigenvalue weighted by molar-refractivity contribution is 0.0601. The number of thiophene rings is 1. The molecule has 140 valence electrons. The zero-order chi connectivity index (χ0) is 19.0. The fourth-order valence-corrected chi connectivity index (χ4v) is 3.86. The fourth-order valence-electron chi connectivity index (χ4n) is 2.37. The molecule has 2 N–H and O–H groups in total. The lowest BCUT2D eigenvalue weighted by Crippen LogP contribution is -2.36. The van der Waals surface area contributed by atoms with Crippen LogP contribution in [0.1, 0.15) is 65.1 Å². The molecule has 0 aliphatic rings. The number of carbonyl (C=O) groups excluding carboxylic acids is 2. The highest BCUT2D eigenvalue weighted by atomic mass is 32.1. The number of thiocarbonyl (C=S) groups is 1. The average molecular weight is 387 g/mol. The summed E-state index contributed by atoms with van der Waals surface area (Å²) in [5, 5.41) is 7.10. The van der Waals surface area contributed by atoms with Gasteiger partial charge in [-0.1, -0.05) is 26.2 Å². The lowest BCUT2D eigenvalue weighted by Gasteiger charge is -2.16. The Morgan fingerprint density at radius 2 is 1.84 bits per heavy atom. The van der Waals surface area contributed by atoms with Crippen molar-refractivity contribution in [2.24, 2.45) is 0 Å². The molecule has 0 saturated carbocycles. The van der Waals surface area contributed by atoms with E-state index in [-0.39, 0.29) is 6.04 Å². The van der Waals surface area contributed by atoms with E-state index in [1.807, 2.05) is 0 Å². The first kappa shape index (κ1) is 21.4. The number of carbonyl (C=O) groups is 2. The largest absolute Gasteiger partial charge is 0.465 e. The van der Waals surface area contributed by atoms with Crippen molar-refractivity contribution in [1.29, 1.82) is 0 Å². The molecule has 8 heteroatoms. The Morgan fingerprint density at radius 1 is 1.20 bits per heavy atom. The van der Waals surface area contributed by atoms with Crippen LogP contribution < -0.4 is 10.6 Å². The number of hydrogen-bond acceptors (Lipinski definition) is 6. The summed E-state index contributed by atoms with van der Waals surface area (Å²) in [7, 11) is 2.60. The number of ether oxygens (including phenoxy) is 2. The van der Waals surface area contributed by atoms with E-state index >= 15 is 0 Å². The minimum absolute atomic E-state index is 0.217. The summed E-state index contributed by atoms with van der Waals surface area (Å²) in [5.41, 5.74) is 0.820. The molecule has 0 spiro atoms. The number of rotatable bonds is 8. The molecule has 1 heterocycles. The Kier molecular flexibility index (Phi) is 8.85. The molecule has 1 rings (SSSR count). The molecule has 1 unspecified atom stereocenters. The van der Waals surface area contributed by atoms with E-state index < -0.39 is 11.9 Å². The van der Waals surface area contributed by atoms with Crippen molar-refractivity contribution < 1.29 is 19.1 Å². The SMILES string of the molecule is CCCCCC(C)NC(=S)Nc1sc(C(=O)OC)c(C)c1C(=O)OC. The third-order valence-corrected chi connectivity index (χ3v) is 5.16. The number of esters is 2. The molecular formula is C17H26N2O4S2. The Hall–Kier alpha value is -1.67. The van der Waals surface area contributed by atoms with Crippen molar-refractivity contribution in [2.45, 2.75) is 52.5 Å². The Morgan fingerprint density at radius 3 is 2.40 bits per heavy atom. The summed E-state index contributed by atoms with van der Waals surface area (Å²) in [6.45, 7) is 5.91. The Bertz CT molecular complexity index is 628. The predicted molar refractivity (Wildman–Crippen MR) is 105 cm³/mol. The standard InChI is InChI=1S/C17H26N2O4S2/c1-6-7-8-9-10(2)18-17(24)19-14-12(15(20)22-4)11(3)13(25-14)16(21)23-5/h10H,6-9H2,1-5H3,(H2,18,19,24). The lowest BCUT2D eigenvalue weighted by atomic mass is 10.1. The van der Waals surface area contributed by atoms with E-state index in [1.165, 1.54) is 27.1 Å². The molecule has 0 saturated heterocycles. The molecule has 1 atom stereocenters. The van der Waals surface area contributed by atoms with Crippen molar-refractivity contribution in [3.8, 4) is 0 Å². The van der Waals surface area contributed by atoms with E-state index in [1.54, 1.807) is 6.92 Å². The first-order chi connectivity index (χ1) is 11.8. The van der Waals surface area contributed by atoms with Gasteiger partial charge in [0.05, 0.1) is 19.8 Å². The maximum atomic E-state index is 12.1. The zero-order valence-electron chi connectivity index (χ0n) is 15.4. The van der Waals surface area contributed by atoms with Gasteiger partial charge in [-0.15, -0.1) is 11.3 Å². The van der Waals surface area contributed by atoms with Gasteiger partial charge in [0.2, 0.25) is 0 Å². The fraction of sp³-hybridized carbons (Fsp3) is 0.588. The molecular weight excluding hydrogens is 360 g/mol. The Balaban J connectivity index is 2.91. The van der Waals surface area contributed by atoms with Crippen LogP contribution in [0.25, 0.3) is 0 Å². The number of nitrogens with one attached hydrogen (secondary N) is 2. The molecule has 6 nitrogen and oxygen atoms in total. The van der Waals surface area contributed by atoms with Gasteiger partial charge >= 0.3 is 11.9 Å². The van der Waals surface area contributed by atoms with E-state index in [0.29, 0.717) is 26.1 Å². The Labute approximate surface area is 158 Å². The summed E-state index contributed by atoms with van der Waals surface area (Å²) in [6, 6.07) is 0.217. The van der Waals surface area contributed by atoms with Crippen molar-refractivity contribution >= 4 is 45.6 Å². The molecule has 0 aromatic carbocycles. The molecule has 0 fully saturated rings. The van der Waals surface area contributed by atoms with Gasteiger partial charge in [-0.25, -0.2) is 9.59 Å². The van der Waals surface area contributed by atoms with E-state index in [9.17, 15) is 9.59 Å². The molecule has 0 amide bonds. The quantitative estimate of drug-likeness (QED) is 0.399. The summed E-state index contributed by atoms with van der Waals surface area (Å²) in [6.07, 6.45) is 4.50. The normalized spacial score (nSPS) is 11.6. The minimum Gasteiger partial charge on any atom is -0.465 e. The monoisotopic (exact) mass is 386 g/mol. The van der Waals surface area contributed by atoms with E-state index in [4.69, 9.17) is 21.7 Å². The molecule has 0 bridgehead atoms. The second-order valence-electron chi connectivity index (χ2n) is 5.74. The number of anilines is 1. The first-order valence-electron chi connectivity index (χ1n) is 8.23. The van der Waals surface area contributed by atoms with Gasteiger partial charge in [-0.05, 0) is 38.0 Å². The minimum atomic E-state index is -0.523. The van der Waals surface area contributed by atoms with Crippen LogP contribution in [-0.4, -0.2) is 37.3 Å². The second kappa shape index (κ2) is 10.4. The third-order valence-electron chi connectivity index (χ3n) is 3.75. The highest BCUT2D eigenvalue weighted by molar-refractivity contribution is 7.80. The topological polar surface area (TPSA) is 76.7 Å². The first-order valence-corrected chi connectivity index (χ1v) is 9.45. The van der Waals surface area contributed by atoms with Crippen molar-refractivity contribution in [2.75, 3.05) is 19.5 Å². The molecule has 1 aromatic rings. The van der Waals surface area contributed by atoms with Crippen LogP contribution in [0.5, 0.6) is 0 Å². The van der Waals surface area contributed by atoms with E-state index in [0.717, 1.165) is 24.2 Å². The maximum absolute atomic E-state index is 12.1. The summed E-state index contributed by atoms with van der Waals surface area (Å²) >= 11 is 6.46. The van der Waals surface area contributed by atoms with Gasteiger partial charge in [0.25, 0.3) is 0 Å². The third kappa shape index (κ3) is 5.97. The average Bonchev–Trinajstić information content (AvgIpc) is 2.89. The van der Waals surface area contributed by atoms with Crippen LogP contribution in [0.2, 0.25) is 0 Å². The molecule has 1 aromatic heterocycles. The number of methoxy groups -OCH3 is 2. The van der Waals surface area contributed by atoms with Gasteiger partial charge < -0.3 is 20.1 Å². The van der Waals surface area contributed by atoms with E-state index in [2.05, 4.69) is 24.5 Å². The highest BCUT2D eigenvalue weighted by Crippen LogP contribution is 2.34. The van der Waals surface area contributed by atoms with Crippen LogP contribution in [0.4, 0.5) is 5.00 Å². The smallest absolute Gasteiger partial charge is 0.348 e. The highest BCUT2D eigenvalue weighted by Gasteiger charge is 2.26. The maximum Gasteiger partial charge on any atom is 0.348 e. The second-order valence-corrected chi connectivity index (χ2v) is 7.17. The van der Waals surface area contributed by atoms with Gasteiger partial charge in [0.1, 0.15) is 9.88 Å². The van der Waals surface area contributed by atoms with Gasteiger partial charge in [0.15, 0.2) is 5.11 Å². The summed E-state index contributed by atoms with van der Waals surface area (Å²) in [4.78, 5) is 24.3. The van der Waals surface area contributed by atoms with Crippen molar-refractivity contribution in [3.63, 3.8) is 0 Å². The van der Waals surface area contributed by atoms with Gasteiger partial charge in [-0.2, -0.15) is 0 Å². The zero-order valence-corrected chi connectivity index (χ0v) is 17.0. The van der Waals surface area contributed by atoms with Crippen LogP contribution in [0, 0.1) is 6.92 Å². The van der Waals surface area contributed by atoms with Crippen molar-refractivity contribution in [3.05, 3.63) is 16.0 Å². The van der Waals surface area contributed by atoms with Crippen LogP contribution >= 0.6 is 23.6 Å².